The van der Waals surface area contributed by atoms with Crippen LogP contribution in [0.15, 0.2) is 17.0 Å². The molecule has 0 radical (unpaired) electrons. The summed E-state index contributed by atoms with van der Waals surface area (Å²) >= 11 is 0. The quantitative estimate of drug-likeness (QED) is 0.691. The minimum Gasteiger partial charge on any atom is -0.399 e. The molecule has 5 nitrogen and oxygen atoms in total. The van der Waals surface area contributed by atoms with E-state index in [1.165, 1.54) is 0 Å². The molecule has 18 heavy (non-hydrogen) atoms. The first-order chi connectivity index (χ1) is 8.27. The topological polar surface area (TPSA) is 92.4 Å². The average Bonchev–Trinajstić information content (AvgIpc) is 2.24. The Morgan fingerprint density at radius 2 is 1.83 bits per heavy atom. The molecule has 0 saturated carbocycles. The van der Waals surface area contributed by atoms with Crippen LogP contribution in [0.3, 0.4) is 0 Å². The monoisotopic (exact) mass is 272 g/mol. The number of hydrogen-bond acceptors (Lipinski definition) is 4. The van der Waals surface area contributed by atoms with E-state index in [1.54, 1.807) is 32.9 Å². The van der Waals surface area contributed by atoms with E-state index in [1.807, 2.05) is 0 Å². The molecule has 102 valence electrons. The van der Waals surface area contributed by atoms with Crippen molar-refractivity contribution in [1.29, 1.82) is 0 Å². The number of hydrogen-bond donors (Lipinski definition) is 3. The molecule has 0 aliphatic rings. The second-order valence-corrected chi connectivity index (χ2v) is 6.33. The summed E-state index contributed by atoms with van der Waals surface area (Å²) < 4.78 is 26.8. The maximum atomic E-state index is 12.2. The molecule has 4 N–H and O–H groups in total. The summed E-state index contributed by atoms with van der Waals surface area (Å²) in [5.41, 5.74) is 7.46. The van der Waals surface area contributed by atoms with E-state index in [2.05, 4.69) is 4.72 Å². The first-order valence-corrected chi connectivity index (χ1v) is 7.23. The number of aliphatic hydroxyl groups is 1. The van der Waals surface area contributed by atoms with Gasteiger partial charge in [0, 0.05) is 18.8 Å². The van der Waals surface area contributed by atoms with Crippen LogP contribution in [0.4, 0.5) is 5.69 Å². The third-order valence-electron chi connectivity index (χ3n) is 2.68. The summed E-state index contributed by atoms with van der Waals surface area (Å²) in [6.45, 7) is 5.36. The van der Waals surface area contributed by atoms with E-state index in [4.69, 9.17) is 10.8 Å². The van der Waals surface area contributed by atoms with Gasteiger partial charge in [0.1, 0.15) is 0 Å². The Morgan fingerprint density at radius 1 is 1.33 bits per heavy atom. The van der Waals surface area contributed by atoms with Gasteiger partial charge in [0.05, 0.1) is 4.90 Å². The fraction of sp³-hybridized carbons (Fsp3) is 0.500. The van der Waals surface area contributed by atoms with Crippen molar-refractivity contribution in [2.24, 2.45) is 5.92 Å². The van der Waals surface area contributed by atoms with Crippen molar-refractivity contribution in [1.82, 2.24) is 4.72 Å². The van der Waals surface area contributed by atoms with Crippen molar-refractivity contribution < 1.29 is 13.5 Å². The number of rotatable bonds is 5. The molecule has 1 rings (SSSR count). The second kappa shape index (κ2) is 5.69. The van der Waals surface area contributed by atoms with Crippen molar-refractivity contribution in [2.75, 3.05) is 18.9 Å². The highest BCUT2D eigenvalue weighted by molar-refractivity contribution is 7.89. The molecule has 0 heterocycles. The molecule has 0 fully saturated rings. The van der Waals surface area contributed by atoms with Gasteiger partial charge in [-0.15, -0.1) is 0 Å². The van der Waals surface area contributed by atoms with Gasteiger partial charge < -0.3 is 10.8 Å². The molecule has 0 amide bonds. The lowest BCUT2D eigenvalue weighted by Crippen LogP contribution is -2.30. The van der Waals surface area contributed by atoms with E-state index >= 15 is 0 Å². The van der Waals surface area contributed by atoms with Crippen LogP contribution in [0.25, 0.3) is 0 Å². The van der Waals surface area contributed by atoms with Crippen molar-refractivity contribution >= 4 is 15.7 Å². The number of nitrogens with one attached hydrogen (secondary N) is 1. The molecular weight excluding hydrogens is 252 g/mol. The van der Waals surface area contributed by atoms with Gasteiger partial charge in [-0.1, -0.05) is 6.92 Å². The third kappa shape index (κ3) is 3.44. The fourth-order valence-corrected chi connectivity index (χ4v) is 3.41. The van der Waals surface area contributed by atoms with E-state index in [9.17, 15) is 8.42 Å². The van der Waals surface area contributed by atoms with Crippen LogP contribution < -0.4 is 10.5 Å². The van der Waals surface area contributed by atoms with Crippen LogP contribution in [-0.2, 0) is 10.0 Å². The highest BCUT2D eigenvalue weighted by Crippen LogP contribution is 2.22. The van der Waals surface area contributed by atoms with Gasteiger partial charge >= 0.3 is 0 Å². The summed E-state index contributed by atoms with van der Waals surface area (Å²) in [7, 11) is -3.56. The predicted octanol–water partition coefficient (Wildman–Crippen LogP) is 0.792. The lowest BCUT2D eigenvalue weighted by Gasteiger charge is -2.14. The lowest BCUT2D eigenvalue weighted by molar-refractivity contribution is 0.238. The zero-order valence-electron chi connectivity index (χ0n) is 10.9. The standard InChI is InChI=1S/C12H20N2O3S/c1-8(7-15)6-14-18(16,17)12-9(2)4-11(13)5-10(12)3/h4-5,8,14-15H,6-7,13H2,1-3H3. The minimum absolute atomic E-state index is 0.0534. The number of nitrogens with two attached hydrogens (primary N) is 1. The van der Waals surface area contributed by atoms with Crippen LogP contribution in [0, 0.1) is 19.8 Å². The SMILES string of the molecule is Cc1cc(N)cc(C)c1S(=O)(=O)NCC(C)CO. The third-order valence-corrected chi connectivity index (χ3v) is 4.41. The largest absolute Gasteiger partial charge is 0.399 e. The summed E-state index contributed by atoms with van der Waals surface area (Å²) in [4.78, 5) is 0.266. The zero-order valence-corrected chi connectivity index (χ0v) is 11.7. The fourth-order valence-electron chi connectivity index (χ4n) is 1.80. The number of nitrogen functional groups attached to an aromatic ring is 1. The van der Waals surface area contributed by atoms with Gasteiger partial charge in [0.2, 0.25) is 10.0 Å². The van der Waals surface area contributed by atoms with Crippen molar-refractivity contribution in [3.8, 4) is 0 Å². The Morgan fingerprint density at radius 3 is 2.28 bits per heavy atom. The van der Waals surface area contributed by atoms with Gasteiger partial charge in [-0.3, -0.25) is 0 Å². The minimum atomic E-state index is -3.56. The predicted molar refractivity (Wildman–Crippen MR) is 71.8 cm³/mol. The Hall–Kier alpha value is -1.11. The molecule has 6 heteroatoms. The van der Waals surface area contributed by atoms with E-state index in [0.29, 0.717) is 16.8 Å². The van der Waals surface area contributed by atoms with Crippen LogP contribution in [0.1, 0.15) is 18.1 Å². The number of aryl methyl sites for hydroxylation is 2. The summed E-state index contributed by atoms with van der Waals surface area (Å²) in [5.74, 6) is -0.117. The van der Waals surface area contributed by atoms with Crippen molar-refractivity contribution in [3.63, 3.8) is 0 Å². The second-order valence-electron chi connectivity index (χ2n) is 4.62. The van der Waals surface area contributed by atoms with Gasteiger partial charge in [-0.05, 0) is 43.0 Å². The summed E-state index contributed by atoms with van der Waals surface area (Å²) in [6, 6.07) is 3.27. The molecule has 0 aliphatic heterocycles. The normalized spacial score (nSPS) is 13.6. The van der Waals surface area contributed by atoms with Crippen LogP contribution in [0.5, 0.6) is 0 Å². The lowest BCUT2D eigenvalue weighted by atomic mass is 10.1. The summed E-state index contributed by atoms with van der Waals surface area (Å²) in [5, 5.41) is 8.90. The Balaban J connectivity index is 3.06. The Bertz CT molecular complexity index is 503. The molecule has 0 aromatic heterocycles. The van der Waals surface area contributed by atoms with E-state index < -0.39 is 10.0 Å². The molecule has 0 bridgehead atoms. The van der Waals surface area contributed by atoms with Crippen LogP contribution >= 0.6 is 0 Å². The average molecular weight is 272 g/mol. The van der Waals surface area contributed by atoms with Crippen LogP contribution in [-0.4, -0.2) is 26.7 Å². The maximum absolute atomic E-state index is 12.2. The smallest absolute Gasteiger partial charge is 0.241 e. The highest BCUT2D eigenvalue weighted by Gasteiger charge is 2.20. The Kier molecular flexibility index (Phi) is 4.72. The molecule has 1 unspecified atom stereocenters. The van der Waals surface area contributed by atoms with E-state index in [0.717, 1.165) is 0 Å². The van der Waals surface area contributed by atoms with Gasteiger partial charge in [-0.25, -0.2) is 13.1 Å². The molecule has 0 aliphatic carbocycles. The number of benzene rings is 1. The highest BCUT2D eigenvalue weighted by atomic mass is 32.2. The molecule has 0 spiro atoms. The molecular formula is C12H20N2O3S. The number of aliphatic hydroxyl groups excluding tert-OH is 1. The molecule has 1 atom stereocenters. The molecule has 1 aromatic carbocycles. The zero-order chi connectivity index (χ0) is 13.9. The first kappa shape index (κ1) is 14.9. The maximum Gasteiger partial charge on any atom is 0.241 e. The van der Waals surface area contributed by atoms with Gasteiger partial charge in [-0.2, -0.15) is 0 Å². The Labute approximate surface area is 108 Å². The summed E-state index contributed by atoms with van der Waals surface area (Å²) in [6.07, 6.45) is 0. The first-order valence-electron chi connectivity index (χ1n) is 5.75. The number of sulfonamides is 1. The number of anilines is 1. The van der Waals surface area contributed by atoms with Gasteiger partial charge in [0.25, 0.3) is 0 Å². The van der Waals surface area contributed by atoms with Gasteiger partial charge in [0.15, 0.2) is 0 Å². The van der Waals surface area contributed by atoms with Crippen molar-refractivity contribution in [2.45, 2.75) is 25.7 Å². The molecule has 1 aromatic rings. The van der Waals surface area contributed by atoms with E-state index in [-0.39, 0.29) is 24.0 Å². The van der Waals surface area contributed by atoms with Crippen LogP contribution in [0.2, 0.25) is 0 Å². The van der Waals surface area contributed by atoms with Crippen molar-refractivity contribution in [3.05, 3.63) is 23.3 Å². The molecule has 0 saturated heterocycles.